The Morgan fingerprint density at radius 1 is 1.46 bits per heavy atom. The number of halogens is 1. The molecule has 1 N–H and O–H groups in total. The van der Waals surface area contributed by atoms with Crippen molar-refractivity contribution >= 4 is 17.6 Å². The van der Waals surface area contributed by atoms with E-state index >= 15 is 0 Å². The molecular formula is C9H9ClO3. The second-order valence-electron chi connectivity index (χ2n) is 2.50. The van der Waals surface area contributed by atoms with Crippen LogP contribution in [0.2, 0.25) is 0 Å². The number of rotatable bonds is 2. The van der Waals surface area contributed by atoms with Crippen LogP contribution in [-0.4, -0.2) is 16.6 Å². The first-order chi connectivity index (χ1) is 6.09. The van der Waals surface area contributed by atoms with E-state index in [1.165, 1.54) is 24.3 Å². The van der Waals surface area contributed by atoms with E-state index in [0.29, 0.717) is 5.56 Å². The van der Waals surface area contributed by atoms with Crippen molar-refractivity contribution in [1.29, 1.82) is 0 Å². The summed E-state index contributed by atoms with van der Waals surface area (Å²) in [6.07, 6.45) is 0. The molecule has 0 amide bonds. The first kappa shape index (κ1) is 9.86. The molecule has 0 aromatic heterocycles. The van der Waals surface area contributed by atoms with Crippen molar-refractivity contribution in [2.75, 3.05) is 0 Å². The van der Waals surface area contributed by atoms with Gasteiger partial charge in [-0.05, 0) is 31.2 Å². The molecule has 0 fully saturated rings. The molecule has 3 nitrogen and oxygen atoms in total. The van der Waals surface area contributed by atoms with Gasteiger partial charge in [-0.2, -0.15) is 0 Å². The smallest absolute Gasteiger partial charge is 0.339 e. The van der Waals surface area contributed by atoms with Crippen LogP contribution in [0.25, 0.3) is 0 Å². The number of alkyl halides is 1. The summed E-state index contributed by atoms with van der Waals surface area (Å²) in [6, 6.07) is 5.76. The Balaban J connectivity index is 2.72. The number of phenols is 1. The fraction of sp³-hybridized carbons (Fsp3) is 0.222. The molecule has 1 rings (SSSR count). The molecule has 0 bridgehead atoms. The Kier molecular flexibility index (Phi) is 3.14. The van der Waals surface area contributed by atoms with E-state index in [1.54, 1.807) is 6.92 Å². The minimum Gasteiger partial charge on any atom is -0.508 e. The zero-order valence-corrected chi connectivity index (χ0v) is 7.78. The molecule has 0 saturated carbocycles. The zero-order chi connectivity index (χ0) is 9.84. The molecule has 1 atom stereocenters. The van der Waals surface area contributed by atoms with Crippen molar-refractivity contribution in [3.05, 3.63) is 29.8 Å². The lowest BCUT2D eigenvalue weighted by atomic mass is 10.2. The van der Waals surface area contributed by atoms with Crippen molar-refractivity contribution in [2.24, 2.45) is 0 Å². The Labute approximate surface area is 80.9 Å². The molecule has 0 aliphatic rings. The van der Waals surface area contributed by atoms with E-state index in [4.69, 9.17) is 21.4 Å². The van der Waals surface area contributed by atoms with Crippen LogP contribution < -0.4 is 0 Å². The molecule has 70 valence electrons. The van der Waals surface area contributed by atoms with Gasteiger partial charge in [0.05, 0.1) is 5.56 Å². The third-order valence-electron chi connectivity index (χ3n) is 1.37. The van der Waals surface area contributed by atoms with Crippen LogP contribution in [0.3, 0.4) is 0 Å². The highest BCUT2D eigenvalue weighted by Gasteiger charge is 2.08. The third kappa shape index (κ3) is 2.95. The zero-order valence-electron chi connectivity index (χ0n) is 7.03. The van der Waals surface area contributed by atoms with E-state index < -0.39 is 11.5 Å². The fourth-order valence-electron chi connectivity index (χ4n) is 0.813. The fourth-order valence-corrected chi connectivity index (χ4v) is 0.894. The Hall–Kier alpha value is -1.22. The maximum absolute atomic E-state index is 11.2. The van der Waals surface area contributed by atoms with E-state index in [2.05, 4.69) is 0 Å². The Morgan fingerprint density at radius 2 is 2.00 bits per heavy atom. The second kappa shape index (κ2) is 4.14. The molecule has 0 saturated heterocycles. The van der Waals surface area contributed by atoms with Gasteiger partial charge in [-0.1, -0.05) is 11.6 Å². The average Bonchev–Trinajstić information content (AvgIpc) is 2.04. The van der Waals surface area contributed by atoms with Crippen LogP contribution in [-0.2, 0) is 4.74 Å². The van der Waals surface area contributed by atoms with Gasteiger partial charge in [0.25, 0.3) is 0 Å². The standard InChI is InChI=1S/C9H9ClO3/c1-6(10)13-9(12)7-2-4-8(11)5-3-7/h2-6,11H,1H3. The molecule has 0 spiro atoms. The van der Waals surface area contributed by atoms with Crippen molar-refractivity contribution in [3.63, 3.8) is 0 Å². The molecule has 0 aliphatic carbocycles. The predicted octanol–water partition coefficient (Wildman–Crippen LogP) is 2.13. The monoisotopic (exact) mass is 200 g/mol. The number of benzene rings is 1. The normalized spacial score (nSPS) is 12.2. The van der Waals surface area contributed by atoms with Crippen molar-refractivity contribution in [2.45, 2.75) is 12.5 Å². The molecule has 0 radical (unpaired) electrons. The van der Waals surface area contributed by atoms with Gasteiger partial charge >= 0.3 is 5.97 Å². The molecule has 0 aliphatic heterocycles. The van der Waals surface area contributed by atoms with Gasteiger partial charge < -0.3 is 9.84 Å². The van der Waals surface area contributed by atoms with E-state index in [0.717, 1.165) is 0 Å². The third-order valence-corrected chi connectivity index (χ3v) is 1.46. The topological polar surface area (TPSA) is 46.5 Å². The van der Waals surface area contributed by atoms with E-state index in [9.17, 15) is 4.79 Å². The lowest BCUT2D eigenvalue weighted by molar-refractivity contribution is 0.0472. The van der Waals surface area contributed by atoms with Crippen LogP contribution in [0.1, 0.15) is 17.3 Å². The van der Waals surface area contributed by atoms with Gasteiger partial charge in [0, 0.05) is 0 Å². The van der Waals surface area contributed by atoms with Crippen LogP contribution in [0.4, 0.5) is 0 Å². The van der Waals surface area contributed by atoms with Gasteiger partial charge in [-0.25, -0.2) is 4.79 Å². The number of esters is 1. The highest BCUT2D eigenvalue weighted by Crippen LogP contribution is 2.11. The van der Waals surface area contributed by atoms with E-state index in [1.807, 2.05) is 0 Å². The highest BCUT2D eigenvalue weighted by molar-refractivity contribution is 6.20. The van der Waals surface area contributed by atoms with Crippen molar-refractivity contribution in [1.82, 2.24) is 0 Å². The summed E-state index contributed by atoms with van der Waals surface area (Å²) in [7, 11) is 0. The van der Waals surface area contributed by atoms with Crippen LogP contribution in [0.5, 0.6) is 5.75 Å². The quantitative estimate of drug-likeness (QED) is 0.588. The number of aromatic hydroxyl groups is 1. The lowest BCUT2D eigenvalue weighted by Gasteiger charge is -2.05. The van der Waals surface area contributed by atoms with Crippen LogP contribution in [0, 0.1) is 0 Å². The summed E-state index contributed by atoms with van der Waals surface area (Å²) in [5.74, 6) is -0.391. The van der Waals surface area contributed by atoms with Crippen LogP contribution in [0.15, 0.2) is 24.3 Å². The molecule has 1 unspecified atom stereocenters. The predicted molar refractivity (Wildman–Crippen MR) is 48.8 cm³/mol. The summed E-state index contributed by atoms with van der Waals surface area (Å²) in [5, 5.41) is 8.94. The Morgan fingerprint density at radius 3 is 2.46 bits per heavy atom. The van der Waals surface area contributed by atoms with Gasteiger partial charge in [-0.15, -0.1) is 0 Å². The van der Waals surface area contributed by atoms with Crippen LogP contribution >= 0.6 is 11.6 Å². The second-order valence-corrected chi connectivity index (χ2v) is 3.11. The molecule has 1 aromatic carbocycles. The number of carbonyl (C=O) groups excluding carboxylic acids is 1. The number of carbonyl (C=O) groups is 1. The SMILES string of the molecule is CC(Cl)OC(=O)c1ccc(O)cc1. The summed E-state index contributed by atoms with van der Waals surface area (Å²) in [4.78, 5) is 11.2. The molecule has 4 heteroatoms. The van der Waals surface area contributed by atoms with Crippen molar-refractivity contribution in [3.8, 4) is 5.75 Å². The average molecular weight is 201 g/mol. The number of hydrogen-bond donors (Lipinski definition) is 1. The van der Waals surface area contributed by atoms with Gasteiger partial charge in [0.15, 0.2) is 5.56 Å². The molecular weight excluding hydrogens is 192 g/mol. The lowest BCUT2D eigenvalue weighted by Crippen LogP contribution is -2.09. The minimum absolute atomic E-state index is 0.107. The summed E-state index contributed by atoms with van der Waals surface area (Å²) in [6.45, 7) is 1.56. The highest BCUT2D eigenvalue weighted by atomic mass is 35.5. The number of ether oxygens (including phenoxy) is 1. The largest absolute Gasteiger partial charge is 0.508 e. The van der Waals surface area contributed by atoms with Gasteiger partial charge in [0.1, 0.15) is 5.75 Å². The first-order valence-corrected chi connectivity index (χ1v) is 4.17. The van der Waals surface area contributed by atoms with Crippen molar-refractivity contribution < 1.29 is 14.6 Å². The summed E-state index contributed by atoms with van der Waals surface area (Å²) in [5.41, 5.74) is -0.286. The molecule has 1 aromatic rings. The first-order valence-electron chi connectivity index (χ1n) is 3.73. The summed E-state index contributed by atoms with van der Waals surface area (Å²) < 4.78 is 4.72. The Bertz CT molecular complexity index is 292. The number of phenolic OH excluding ortho intramolecular Hbond substituents is 1. The number of hydrogen-bond acceptors (Lipinski definition) is 3. The van der Waals surface area contributed by atoms with Gasteiger partial charge in [-0.3, -0.25) is 0 Å². The van der Waals surface area contributed by atoms with Gasteiger partial charge in [0.2, 0.25) is 0 Å². The van der Waals surface area contributed by atoms with E-state index in [-0.39, 0.29) is 5.75 Å². The molecule has 13 heavy (non-hydrogen) atoms. The maximum Gasteiger partial charge on any atom is 0.339 e. The maximum atomic E-state index is 11.2. The molecule has 0 heterocycles. The minimum atomic E-state index is -0.652. The summed E-state index contributed by atoms with van der Waals surface area (Å²) >= 11 is 5.46.